The minimum atomic E-state index is -2.46. The van der Waals surface area contributed by atoms with Gasteiger partial charge in [0.25, 0.3) is 0 Å². The highest BCUT2D eigenvalue weighted by atomic mass is 31.2. The van der Waals surface area contributed by atoms with Crippen LogP contribution in [0.1, 0.15) is 0 Å². The summed E-state index contributed by atoms with van der Waals surface area (Å²) in [7, 11) is -2.46. The molecule has 10 aromatic rings. The van der Waals surface area contributed by atoms with Crippen LogP contribution in [-0.4, -0.2) is 13.3 Å². The molecule has 0 amide bonds. The summed E-state index contributed by atoms with van der Waals surface area (Å²) in [4.78, 5) is 0. The first-order valence-corrected chi connectivity index (χ1v) is 21.8. The zero-order valence-corrected chi connectivity index (χ0v) is 32.3. The van der Waals surface area contributed by atoms with Crippen LogP contribution >= 0.6 is 7.14 Å². The molecule has 0 aromatic heterocycles. The molecule has 0 unspecified atom stereocenters. The first-order chi connectivity index (χ1) is 27.4. The number of benzene rings is 10. The van der Waals surface area contributed by atoms with E-state index in [1.807, 2.05) is 25.5 Å². The fourth-order valence-corrected chi connectivity index (χ4v) is 9.63. The van der Waals surface area contributed by atoms with Crippen molar-refractivity contribution in [2.24, 2.45) is 0 Å². The maximum absolute atomic E-state index is 13.3. The van der Waals surface area contributed by atoms with Gasteiger partial charge in [0.05, 0.1) is 0 Å². The minimum Gasteiger partial charge on any atom is -0.319 e. The Kier molecular flexibility index (Phi) is 8.28. The number of fused-ring (bicyclic) bond motifs is 4. The largest absolute Gasteiger partial charge is 0.319 e. The van der Waals surface area contributed by atoms with Crippen LogP contribution in [0.25, 0.3) is 98.7 Å². The molecule has 0 aliphatic rings. The van der Waals surface area contributed by atoms with E-state index in [9.17, 15) is 4.57 Å². The molecule has 0 aliphatic carbocycles. The van der Waals surface area contributed by atoms with Gasteiger partial charge in [0.1, 0.15) is 7.14 Å². The lowest BCUT2D eigenvalue weighted by Gasteiger charge is -2.22. The third-order valence-corrected chi connectivity index (χ3v) is 12.9. The summed E-state index contributed by atoms with van der Waals surface area (Å²) in [5, 5.41) is 10.6. The molecular formula is C54H39OP. The summed E-state index contributed by atoms with van der Waals surface area (Å²) in [5.41, 5.74) is 11.9. The number of rotatable bonds is 6. The van der Waals surface area contributed by atoms with E-state index in [1.165, 1.54) is 87.6 Å². The van der Waals surface area contributed by atoms with E-state index < -0.39 is 7.14 Å². The summed E-state index contributed by atoms with van der Waals surface area (Å²) >= 11 is 0. The second-order valence-electron chi connectivity index (χ2n) is 15.1. The van der Waals surface area contributed by atoms with Crippen LogP contribution in [0, 0.1) is 0 Å². The highest BCUT2D eigenvalue weighted by Gasteiger charge is 2.22. The summed E-state index contributed by atoms with van der Waals surface area (Å²) in [6, 6.07) is 72.5. The summed E-state index contributed by atoms with van der Waals surface area (Å²) in [5.74, 6) is 0. The molecule has 1 nitrogen and oxygen atoms in total. The summed E-state index contributed by atoms with van der Waals surface area (Å²) in [6.45, 7) is 3.70. The zero-order valence-electron chi connectivity index (χ0n) is 31.4. The molecule has 266 valence electrons. The van der Waals surface area contributed by atoms with Crippen LogP contribution in [0.5, 0.6) is 0 Å². The monoisotopic (exact) mass is 734 g/mol. The molecule has 0 atom stereocenters. The van der Waals surface area contributed by atoms with Crippen molar-refractivity contribution in [3.05, 3.63) is 200 Å². The maximum Gasteiger partial charge on any atom is 0.109 e. The Morgan fingerprint density at radius 3 is 1.16 bits per heavy atom. The van der Waals surface area contributed by atoms with E-state index >= 15 is 0 Å². The van der Waals surface area contributed by atoms with Gasteiger partial charge in [-0.15, -0.1) is 0 Å². The fourth-order valence-electron chi connectivity index (χ4n) is 8.73. The molecule has 10 rings (SSSR count). The average molecular weight is 735 g/mol. The Morgan fingerprint density at radius 1 is 0.286 bits per heavy atom. The van der Waals surface area contributed by atoms with Crippen molar-refractivity contribution in [2.75, 3.05) is 13.3 Å². The number of hydrogen-bond acceptors (Lipinski definition) is 1. The highest BCUT2D eigenvalue weighted by molar-refractivity contribution is 7.70. The quantitative estimate of drug-likeness (QED) is 0.123. The Hall–Kier alpha value is -6.53. The predicted molar refractivity (Wildman–Crippen MR) is 243 cm³/mol. The van der Waals surface area contributed by atoms with Gasteiger partial charge in [0.15, 0.2) is 0 Å². The van der Waals surface area contributed by atoms with Crippen molar-refractivity contribution in [1.82, 2.24) is 0 Å². The van der Waals surface area contributed by atoms with Crippen molar-refractivity contribution in [1.29, 1.82) is 0 Å². The lowest BCUT2D eigenvalue weighted by atomic mass is 9.81. The molecule has 10 aromatic carbocycles. The molecule has 0 radical (unpaired) electrons. The molecule has 2 heteroatoms. The molecule has 0 fully saturated rings. The molecular weight excluding hydrogens is 696 g/mol. The van der Waals surface area contributed by atoms with E-state index in [0.717, 1.165) is 16.4 Å². The SMILES string of the molecule is CP(C)(=O)c1cccc(-c2ccc3c(-c4ccc(-c5ccccc5)c5ccccc45)c4ccccc4c(-c4ccc(-c5ccccc5)c5ccccc45)c3c2)c1. The van der Waals surface area contributed by atoms with Crippen LogP contribution in [0.2, 0.25) is 0 Å². The average Bonchev–Trinajstić information content (AvgIpc) is 3.25. The second kappa shape index (κ2) is 13.6. The lowest BCUT2D eigenvalue weighted by Crippen LogP contribution is -2.02. The molecule has 0 saturated heterocycles. The Labute approximate surface area is 327 Å². The van der Waals surface area contributed by atoms with Gasteiger partial charge in [-0.05, 0) is 124 Å². The second-order valence-corrected chi connectivity index (χ2v) is 18.3. The zero-order chi connectivity index (χ0) is 37.8. The van der Waals surface area contributed by atoms with E-state index in [2.05, 4.69) is 188 Å². The molecule has 0 saturated carbocycles. The normalized spacial score (nSPS) is 11.8. The van der Waals surface area contributed by atoms with Gasteiger partial charge in [-0.1, -0.05) is 188 Å². The minimum absolute atomic E-state index is 0.891. The topological polar surface area (TPSA) is 17.1 Å². The molecule has 0 N–H and O–H groups in total. The Bertz CT molecular complexity index is 3170. The predicted octanol–water partition coefficient (Wildman–Crippen LogP) is 14.9. The van der Waals surface area contributed by atoms with Gasteiger partial charge in [-0.3, -0.25) is 0 Å². The van der Waals surface area contributed by atoms with Gasteiger partial charge in [-0.25, -0.2) is 0 Å². The number of hydrogen-bond donors (Lipinski definition) is 0. The van der Waals surface area contributed by atoms with Crippen LogP contribution in [0.3, 0.4) is 0 Å². The van der Waals surface area contributed by atoms with Crippen molar-refractivity contribution in [3.8, 4) is 55.6 Å². The highest BCUT2D eigenvalue weighted by Crippen LogP contribution is 2.49. The lowest BCUT2D eigenvalue weighted by molar-refractivity contribution is 0.588. The molecule has 0 heterocycles. The van der Waals surface area contributed by atoms with Gasteiger partial charge >= 0.3 is 0 Å². The summed E-state index contributed by atoms with van der Waals surface area (Å²) in [6.07, 6.45) is 0. The van der Waals surface area contributed by atoms with E-state index in [-0.39, 0.29) is 0 Å². The van der Waals surface area contributed by atoms with Gasteiger partial charge < -0.3 is 4.57 Å². The summed E-state index contributed by atoms with van der Waals surface area (Å²) < 4.78 is 13.3. The third kappa shape index (κ3) is 5.75. The van der Waals surface area contributed by atoms with Crippen molar-refractivity contribution in [2.45, 2.75) is 0 Å². The smallest absolute Gasteiger partial charge is 0.109 e. The maximum atomic E-state index is 13.3. The molecule has 0 spiro atoms. The Balaban J connectivity index is 1.33. The third-order valence-electron chi connectivity index (χ3n) is 11.4. The van der Waals surface area contributed by atoms with E-state index in [4.69, 9.17) is 0 Å². The van der Waals surface area contributed by atoms with Gasteiger partial charge in [-0.2, -0.15) is 0 Å². The standard InChI is InChI=1S/C54H39OP/c1-56(2,55)40-21-15-20-38(34-40)39-28-29-51-52(35-39)54(50-33-31-42(37-18-7-4-8-19-37)44-23-10-12-25-46(44)50)48-27-14-13-26-47(48)53(51)49-32-30-41(36-16-5-3-6-17-36)43-22-9-11-24-45(43)49/h3-35H,1-2H3. The van der Waals surface area contributed by atoms with Gasteiger partial charge in [0, 0.05) is 5.30 Å². The Morgan fingerprint density at radius 2 is 0.661 bits per heavy atom. The first-order valence-electron chi connectivity index (χ1n) is 19.2. The van der Waals surface area contributed by atoms with Crippen molar-refractivity contribution in [3.63, 3.8) is 0 Å². The molecule has 0 bridgehead atoms. The van der Waals surface area contributed by atoms with Crippen LogP contribution in [0.15, 0.2) is 200 Å². The first kappa shape index (κ1) is 34.0. The fraction of sp³-hybridized carbons (Fsp3) is 0.0370. The van der Waals surface area contributed by atoms with E-state index in [1.54, 1.807) is 0 Å². The van der Waals surface area contributed by atoms with Crippen LogP contribution < -0.4 is 5.30 Å². The van der Waals surface area contributed by atoms with Crippen LogP contribution in [0.4, 0.5) is 0 Å². The van der Waals surface area contributed by atoms with E-state index in [0.29, 0.717) is 0 Å². The van der Waals surface area contributed by atoms with Crippen LogP contribution in [-0.2, 0) is 4.57 Å². The molecule has 0 aliphatic heterocycles. The van der Waals surface area contributed by atoms with Crippen molar-refractivity contribution < 1.29 is 4.57 Å². The van der Waals surface area contributed by atoms with Gasteiger partial charge in [0.2, 0.25) is 0 Å². The van der Waals surface area contributed by atoms with Crippen molar-refractivity contribution >= 4 is 55.5 Å². The molecule has 56 heavy (non-hydrogen) atoms.